The average Bonchev–Trinajstić information content (AvgIpc) is 3.63. The Kier molecular flexibility index (Phi) is 11.0. The number of halogens is 4. The molecule has 1 aliphatic carbocycles. The highest BCUT2D eigenvalue weighted by Crippen LogP contribution is 2.42. The number of primary amides is 1. The standard InChI is InChI=1S/C36H36F4N6O5/c37-35(38,36(39,40)34(50)51)33-44-31(45-46-33)24-13-15-26(16-14-24)43-32(49)25(18-29(47)23-11-7-21(19-41)8-12-23)17-20-5-9-22(10-6-20)27-3-1-2-4-28(27)30(42)48/h1-6,9-10,13-16,21,23,25H,7-8,11-12,17-19,41H2,(H2,42,48)(H,43,49)(H,50,51)(H,44,45,46)/t21?,23?,25-/m1/s1. The monoisotopic (exact) mass is 708 g/mol. The zero-order valence-corrected chi connectivity index (χ0v) is 27.3. The van der Waals surface area contributed by atoms with E-state index in [1.807, 2.05) is 24.3 Å². The summed E-state index contributed by atoms with van der Waals surface area (Å²) in [5.74, 6) is -17.2. The van der Waals surface area contributed by atoms with E-state index in [4.69, 9.17) is 16.6 Å². The highest BCUT2D eigenvalue weighted by Gasteiger charge is 2.65. The number of hydrogen-bond donors (Lipinski definition) is 5. The van der Waals surface area contributed by atoms with E-state index >= 15 is 0 Å². The summed E-state index contributed by atoms with van der Waals surface area (Å²) in [7, 11) is 0. The largest absolute Gasteiger partial charge is 0.477 e. The van der Waals surface area contributed by atoms with Crippen LogP contribution in [0.3, 0.4) is 0 Å². The van der Waals surface area contributed by atoms with Gasteiger partial charge in [0.15, 0.2) is 5.82 Å². The quantitative estimate of drug-likeness (QED) is 0.105. The minimum atomic E-state index is -5.43. The van der Waals surface area contributed by atoms with Gasteiger partial charge in [-0.3, -0.25) is 19.5 Å². The number of anilines is 1. The van der Waals surface area contributed by atoms with E-state index < -0.39 is 47.2 Å². The van der Waals surface area contributed by atoms with Crippen LogP contribution in [-0.4, -0.2) is 56.3 Å². The van der Waals surface area contributed by atoms with Gasteiger partial charge in [0.05, 0.1) is 0 Å². The smallest absolute Gasteiger partial charge is 0.411 e. The van der Waals surface area contributed by atoms with Gasteiger partial charge in [0.1, 0.15) is 5.78 Å². The van der Waals surface area contributed by atoms with Gasteiger partial charge in [-0.2, -0.15) is 22.7 Å². The second-order valence-corrected chi connectivity index (χ2v) is 12.7. The lowest BCUT2D eigenvalue weighted by Gasteiger charge is -2.27. The molecule has 0 saturated heterocycles. The summed E-state index contributed by atoms with van der Waals surface area (Å²) in [6, 6.07) is 19.7. The lowest BCUT2D eigenvalue weighted by atomic mass is 9.77. The predicted molar refractivity (Wildman–Crippen MR) is 179 cm³/mol. The van der Waals surface area contributed by atoms with Crippen molar-refractivity contribution in [3.63, 3.8) is 0 Å². The van der Waals surface area contributed by atoms with Crippen LogP contribution in [0.4, 0.5) is 23.2 Å². The number of alkyl halides is 4. The molecular weight excluding hydrogens is 672 g/mol. The molecule has 0 bridgehead atoms. The molecule has 1 saturated carbocycles. The zero-order chi connectivity index (χ0) is 36.9. The summed E-state index contributed by atoms with van der Waals surface area (Å²) in [6.45, 7) is 0.565. The fourth-order valence-corrected chi connectivity index (χ4v) is 6.20. The molecule has 4 aromatic rings. The molecule has 0 aliphatic heterocycles. The average molecular weight is 709 g/mol. The Morgan fingerprint density at radius 2 is 1.53 bits per heavy atom. The van der Waals surface area contributed by atoms with E-state index in [0.29, 0.717) is 42.1 Å². The number of nitrogens with two attached hydrogens (primary N) is 2. The number of carboxylic acid groups (broad SMARTS) is 1. The summed E-state index contributed by atoms with van der Waals surface area (Å²) >= 11 is 0. The fraction of sp³-hybridized carbons (Fsp3) is 0.333. The molecule has 51 heavy (non-hydrogen) atoms. The highest BCUT2D eigenvalue weighted by molar-refractivity contribution is 6.00. The number of aliphatic carboxylic acids is 1. The minimum absolute atomic E-state index is 0.0106. The number of H-pyrrole nitrogens is 1. The first kappa shape index (κ1) is 36.8. The molecule has 268 valence electrons. The molecule has 0 unspecified atom stereocenters. The minimum Gasteiger partial charge on any atom is -0.477 e. The third kappa shape index (κ3) is 8.14. The number of aromatic nitrogens is 3. The Morgan fingerprint density at radius 3 is 2.14 bits per heavy atom. The fourth-order valence-electron chi connectivity index (χ4n) is 6.20. The molecule has 15 heteroatoms. The Balaban J connectivity index is 1.32. The first-order chi connectivity index (χ1) is 24.2. The van der Waals surface area contributed by atoms with Gasteiger partial charge in [0, 0.05) is 35.1 Å². The van der Waals surface area contributed by atoms with Crippen LogP contribution < -0.4 is 16.8 Å². The van der Waals surface area contributed by atoms with Crippen LogP contribution in [0.25, 0.3) is 22.5 Å². The van der Waals surface area contributed by atoms with Crippen LogP contribution in [0.2, 0.25) is 0 Å². The number of carbonyl (C=O) groups excluding carboxylic acids is 3. The number of ketones is 1. The van der Waals surface area contributed by atoms with E-state index in [1.54, 1.807) is 29.4 Å². The van der Waals surface area contributed by atoms with Crippen LogP contribution in [0, 0.1) is 17.8 Å². The number of carboxylic acids is 1. The van der Waals surface area contributed by atoms with Gasteiger partial charge >= 0.3 is 17.8 Å². The number of amides is 2. The molecule has 1 atom stereocenters. The third-order valence-corrected chi connectivity index (χ3v) is 9.25. The van der Waals surface area contributed by atoms with Crippen molar-refractivity contribution in [3.05, 3.63) is 89.7 Å². The van der Waals surface area contributed by atoms with E-state index in [1.165, 1.54) is 24.3 Å². The van der Waals surface area contributed by atoms with Crippen LogP contribution in [0.5, 0.6) is 0 Å². The molecule has 0 radical (unpaired) electrons. The number of carbonyl (C=O) groups is 4. The third-order valence-electron chi connectivity index (χ3n) is 9.25. The Bertz CT molecular complexity index is 1890. The van der Waals surface area contributed by atoms with Crippen molar-refractivity contribution in [2.45, 2.75) is 50.4 Å². The van der Waals surface area contributed by atoms with Gasteiger partial charge < -0.3 is 21.9 Å². The Labute approximate surface area is 289 Å². The number of rotatable bonds is 14. The van der Waals surface area contributed by atoms with Gasteiger partial charge in [0.2, 0.25) is 17.6 Å². The van der Waals surface area contributed by atoms with Crippen molar-refractivity contribution in [3.8, 4) is 22.5 Å². The van der Waals surface area contributed by atoms with Crippen molar-refractivity contribution in [2.24, 2.45) is 29.2 Å². The van der Waals surface area contributed by atoms with Gasteiger partial charge in [-0.15, -0.1) is 0 Å². The molecule has 11 nitrogen and oxygen atoms in total. The van der Waals surface area contributed by atoms with Crippen LogP contribution in [-0.2, 0) is 26.7 Å². The number of hydrogen-bond acceptors (Lipinski definition) is 7. The second kappa shape index (κ2) is 15.2. The van der Waals surface area contributed by atoms with Crippen molar-refractivity contribution in [2.75, 3.05) is 11.9 Å². The molecule has 2 amide bonds. The van der Waals surface area contributed by atoms with E-state index in [-0.39, 0.29) is 30.1 Å². The molecule has 3 aromatic carbocycles. The number of aromatic amines is 1. The summed E-state index contributed by atoms with van der Waals surface area (Å²) in [6.07, 6.45) is 3.30. The van der Waals surface area contributed by atoms with Crippen molar-refractivity contribution in [1.29, 1.82) is 0 Å². The molecule has 1 aromatic heterocycles. The maximum atomic E-state index is 14.2. The lowest BCUT2D eigenvalue weighted by molar-refractivity contribution is -0.231. The molecule has 7 N–H and O–H groups in total. The molecule has 0 spiro atoms. The van der Waals surface area contributed by atoms with E-state index in [9.17, 15) is 36.7 Å². The molecule has 5 rings (SSSR count). The van der Waals surface area contributed by atoms with Gasteiger partial charge in [-0.1, -0.05) is 42.5 Å². The summed E-state index contributed by atoms with van der Waals surface area (Å²) in [5.41, 5.74) is 14.3. The van der Waals surface area contributed by atoms with Crippen LogP contribution >= 0.6 is 0 Å². The maximum absolute atomic E-state index is 14.2. The topological polar surface area (TPSA) is 194 Å². The Morgan fingerprint density at radius 1 is 0.902 bits per heavy atom. The normalized spacial score (nSPS) is 17.0. The van der Waals surface area contributed by atoms with Gasteiger partial charge in [0.25, 0.3) is 0 Å². The molecular formula is C36H36F4N6O5. The first-order valence-corrected chi connectivity index (χ1v) is 16.2. The second-order valence-electron chi connectivity index (χ2n) is 12.7. The van der Waals surface area contributed by atoms with Crippen molar-refractivity contribution < 1.29 is 41.8 Å². The highest BCUT2D eigenvalue weighted by atomic mass is 19.3. The molecule has 1 heterocycles. The van der Waals surface area contributed by atoms with Crippen molar-refractivity contribution >= 4 is 29.3 Å². The SMILES string of the molecule is NCC1CCC(C(=O)C[C@@H](Cc2ccc(-c3ccccc3C(N)=O)cc2)C(=O)Nc2ccc(-c3n[nH]c(C(F)(F)C(F)(F)C(=O)O)n3)cc2)CC1. The van der Waals surface area contributed by atoms with Crippen molar-refractivity contribution in [1.82, 2.24) is 15.2 Å². The number of nitrogens with zero attached hydrogens (tertiary/aromatic N) is 2. The van der Waals surface area contributed by atoms with E-state index in [2.05, 4.69) is 15.4 Å². The summed E-state index contributed by atoms with van der Waals surface area (Å²) < 4.78 is 55.6. The zero-order valence-electron chi connectivity index (χ0n) is 27.3. The van der Waals surface area contributed by atoms with E-state index in [0.717, 1.165) is 24.0 Å². The predicted octanol–water partition coefficient (Wildman–Crippen LogP) is 5.57. The molecule has 1 aliphatic rings. The summed E-state index contributed by atoms with van der Waals surface area (Å²) in [4.78, 5) is 53.2. The lowest BCUT2D eigenvalue weighted by Crippen LogP contribution is -2.45. The first-order valence-electron chi connectivity index (χ1n) is 16.2. The summed E-state index contributed by atoms with van der Waals surface area (Å²) in [5, 5.41) is 16.5. The molecule has 1 fully saturated rings. The number of Topliss-reactive ketones (excluding diaryl/α,β-unsaturated/α-hetero) is 1. The van der Waals surface area contributed by atoms with Gasteiger partial charge in [-0.25, -0.2) is 9.78 Å². The number of nitrogens with one attached hydrogen (secondary N) is 2. The van der Waals surface area contributed by atoms with Crippen LogP contribution in [0.15, 0.2) is 72.8 Å². The van der Waals surface area contributed by atoms with Gasteiger partial charge in [-0.05, 0) is 91.6 Å². The number of benzene rings is 3. The van der Waals surface area contributed by atoms with Crippen LogP contribution in [0.1, 0.15) is 53.8 Å². The Hall–Kier alpha value is -5.44. The maximum Gasteiger partial charge on any atom is 0.411 e.